The monoisotopic (exact) mass is 682 g/mol. The number of anilines is 2. The highest BCUT2D eigenvalue weighted by Crippen LogP contribution is 2.41. The largest absolute Gasteiger partial charge is 0.484 e. The number of rotatable bonds is 9. The van der Waals surface area contributed by atoms with E-state index in [2.05, 4.69) is 41.7 Å². The number of nitrogens with two attached hydrogens (primary N) is 1. The third-order valence-electron chi connectivity index (χ3n) is 9.01. The van der Waals surface area contributed by atoms with Gasteiger partial charge in [0.1, 0.15) is 23.4 Å². The Morgan fingerprint density at radius 3 is 2.57 bits per heavy atom. The molecule has 0 saturated carbocycles. The number of alkyl halides is 2. The van der Waals surface area contributed by atoms with Crippen molar-refractivity contribution >= 4 is 45.0 Å². The molecule has 1 fully saturated rings. The summed E-state index contributed by atoms with van der Waals surface area (Å²) < 4.78 is 51.0. The van der Waals surface area contributed by atoms with Gasteiger partial charge in [0.25, 0.3) is 0 Å². The average molecular weight is 683 g/mol. The summed E-state index contributed by atoms with van der Waals surface area (Å²) in [5, 5.41) is 10.8. The van der Waals surface area contributed by atoms with Crippen LogP contribution in [0.15, 0.2) is 61.1 Å². The molecule has 1 aliphatic heterocycles. The van der Waals surface area contributed by atoms with Crippen LogP contribution in [0.1, 0.15) is 51.3 Å². The van der Waals surface area contributed by atoms with Gasteiger partial charge in [0, 0.05) is 53.2 Å². The van der Waals surface area contributed by atoms with Gasteiger partial charge in [0.05, 0.1) is 28.8 Å². The van der Waals surface area contributed by atoms with Gasteiger partial charge in [0.15, 0.2) is 11.0 Å². The number of likely N-dealkylation sites (tertiary alicyclic amines) is 1. The summed E-state index contributed by atoms with van der Waals surface area (Å²) in [6.45, 7) is 7.32. The number of nitrogens with zero attached hydrogens (tertiary/aromatic N) is 6. The van der Waals surface area contributed by atoms with Crippen LogP contribution in [0.4, 0.5) is 20.3 Å². The van der Waals surface area contributed by atoms with E-state index in [4.69, 9.17) is 32.3 Å². The number of aryl methyl sites for hydroxylation is 1. The number of piperidine rings is 1. The van der Waals surface area contributed by atoms with Crippen molar-refractivity contribution in [3.05, 3.63) is 71.6 Å². The van der Waals surface area contributed by atoms with Crippen molar-refractivity contribution in [1.29, 1.82) is 0 Å². The zero-order chi connectivity index (χ0) is 33.6. The van der Waals surface area contributed by atoms with Crippen molar-refractivity contribution in [3.8, 4) is 28.1 Å². The Kier molecular flexibility index (Phi) is 8.98. The summed E-state index contributed by atoms with van der Waals surface area (Å²) in [5.74, 6) is -2.59. The van der Waals surface area contributed by atoms with Gasteiger partial charge in [-0.1, -0.05) is 29.8 Å². The van der Waals surface area contributed by atoms with Gasteiger partial charge >= 0.3 is 5.76 Å². The molecule has 14 heteroatoms. The standard InChI is InChI=1S/C33H37ClF2N8O2S/c1-19(20-6-9-23(34)10-7-20)46-27-14-21(8-11-26(27)41-47(45)32(35)36)29-28-30(43(5)40-29)25(17-38-31(28)37)22-16-39-44(18-22)24-12-13-42(4)33(2,3)15-24/h6-11,14,16-19,24,32,41H,12-13,15H2,1-5H3,(H2,37,38). The molecular weight excluding hydrogens is 646 g/mol. The lowest BCUT2D eigenvalue weighted by atomic mass is 9.87. The minimum absolute atomic E-state index is 0.0662. The zero-order valence-corrected chi connectivity index (χ0v) is 28.3. The lowest BCUT2D eigenvalue weighted by molar-refractivity contribution is 0.0719. The Hall–Kier alpha value is -4.07. The fourth-order valence-corrected chi connectivity index (χ4v) is 6.73. The van der Waals surface area contributed by atoms with E-state index in [9.17, 15) is 13.0 Å². The summed E-state index contributed by atoms with van der Waals surface area (Å²) >= 11 is 6.06. The topological polar surface area (TPSA) is 116 Å². The van der Waals surface area contributed by atoms with E-state index >= 15 is 0 Å². The first-order valence-electron chi connectivity index (χ1n) is 15.2. The van der Waals surface area contributed by atoms with Crippen molar-refractivity contribution in [2.45, 2.75) is 57.1 Å². The van der Waals surface area contributed by atoms with Gasteiger partial charge < -0.3 is 15.4 Å². The highest BCUT2D eigenvalue weighted by Gasteiger charge is 2.33. The van der Waals surface area contributed by atoms with Gasteiger partial charge in [-0.3, -0.25) is 14.1 Å². The van der Waals surface area contributed by atoms with E-state index in [0.29, 0.717) is 21.7 Å². The molecule has 3 aromatic heterocycles. The lowest BCUT2D eigenvalue weighted by Gasteiger charge is -2.43. The second-order valence-corrected chi connectivity index (χ2v) is 14.1. The molecular formula is C33H37ClF2N8O2S. The molecule has 6 rings (SSSR count). The molecule has 47 heavy (non-hydrogen) atoms. The van der Waals surface area contributed by atoms with Crippen LogP contribution in [-0.2, 0) is 18.0 Å². The van der Waals surface area contributed by atoms with Crippen LogP contribution in [0.3, 0.4) is 0 Å². The Morgan fingerprint density at radius 2 is 1.87 bits per heavy atom. The van der Waals surface area contributed by atoms with Gasteiger partial charge in [-0.25, -0.2) is 9.19 Å². The molecule has 2 aromatic carbocycles. The molecule has 3 atom stereocenters. The Balaban J connectivity index is 1.39. The number of fused-ring (bicyclic) bond motifs is 1. The summed E-state index contributed by atoms with van der Waals surface area (Å²) in [6.07, 6.45) is 7.12. The van der Waals surface area contributed by atoms with Gasteiger partial charge in [-0.2, -0.15) is 19.0 Å². The average Bonchev–Trinajstić information content (AvgIpc) is 3.66. The summed E-state index contributed by atoms with van der Waals surface area (Å²) in [5.41, 5.74) is 11.1. The third-order valence-corrected chi connectivity index (χ3v) is 10.0. The number of hydrogen-bond donors (Lipinski definition) is 2. The number of nitrogen functional groups attached to an aromatic ring is 1. The normalized spacial score (nSPS) is 18.0. The summed E-state index contributed by atoms with van der Waals surface area (Å²) in [6, 6.07) is 12.3. The summed E-state index contributed by atoms with van der Waals surface area (Å²) in [4.78, 5) is 6.92. The molecule has 0 radical (unpaired) electrons. The first kappa shape index (κ1) is 32.9. The smallest absolute Gasteiger partial charge is 0.330 e. The van der Waals surface area contributed by atoms with Gasteiger partial charge in [-0.15, -0.1) is 0 Å². The van der Waals surface area contributed by atoms with Gasteiger partial charge in [0.2, 0.25) is 0 Å². The molecule has 0 spiro atoms. The molecule has 248 valence electrons. The van der Waals surface area contributed by atoms with Crippen LogP contribution in [0, 0.1) is 0 Å². The third kappa shape index (κ3) is 6.56. The highest BCUT2D eigenvalue weighted by atomic mass is 35.5. The van der Waals surface area contributed by atoms with Crippen molar-refractivity contribution < 1.29 is 17.7 Å². The van der Waals surface area contributed by atoms with E-state index in [0.717, 1.165) is 41.6 Å². The molecule has 0 aliphatic carbocycles. The molecule has 5 aromatic rings. The van der Waals surface area contributed by atoms with E-state index in [1.807, 2.05) is 37.0 Å². The van der Waals surface area contributed by atoms with Crippen LogP contribution >= 0.6 is 11.6 Å². The minimum atomic E-state index is -3.09. The maximum Gasteiger partial charge on any atom is 0.330 e. The predicted octanol–water partition coefficient (Wildman–Crippen LogP) is 7.22. The first-order valence-corrected chi connectivity index (χ1v) is 16.8. The maximum absolute atomic E-state index is 13.3. The van der Waals surface area contributed by atoms with E-state index in [-0.39, 0.29) is 28.8 Å². The summed E-state index contributed by atoms with van der Waals surface area (Å²) in [7, 11) is 1.35. The molecule has 10 nitrogen and oxygen atoms in total. The number of hydrogen-bond acceptors (Lipinski definition) is 7. The van der Waals surface area contributed by atoms with Crippen molar-refractivity contribution in [1.82, 2.24) is 29.4 Å². The number of benzene rings is 2. The Morgan fingerprint density at radius 1 is 1.13 bits per heavy atom. The Labute approximate surface area is 279 Å². The van der Waals surface area contributed by atoms with E-state index < -0.39 is 22.8 Å². The van der Waals surface area contributed by atoms with Crippen LogP contribution in [0.2, 0.25) is 5.02 Å². The number of halogens is 3. The van der Waals surface area contributed by atoms with Crippen molar-refractivity contribution in [2.24, 2.45) is 7.05 Å². The molecule has 0 amide bonds. The highest BCUT2D eigenvalue weighted by molar-refractivity contribution is 7.86. The van der Waals surface area contributed by atoms with Crippen LogP contribution in [0.25, 0.3) is 33.3 Å². The Bertz CT molecular complexity index is 1950. The number of aromatic nitrogens is 5. The molecule has 0 bridgehead atoms. The minimum Gasteiger partial charge on any atom is -0.484 e. The number of pyridine rings is 1. The molecule has 1 aliphatic rings. The van der Waals surface area contributed by atoms with Crippen LogP contribution < -0.4 is 15.2 Å². The van der Waals surface area contributed by atoms with Crippen LogP contribution in [0.5, 0.6) is 5.75 Å². The van der Waals surface area contributed by atoms with Crippen LogP contribution in [-0.4, -0.2) is 58.5 Å². The number of nitrogens with one attached hydrogen (secondary N) is 1. The maximum atomic E-state index is 13.3. The zero-order valence-electron chi connectivity index (χ0n) is 26.7. The lowest BCUT2D eigenvalue weighted by Crippen LogP contribution is -2.47. The second-order valence-electron chi connectivity index (χ2n) is 12.5. The van der Waals surface area contributed by atoms with E-state index in [1.54, 1.807) is 41.2 Å². The molecule has 1 saturated heterocycles. The van der Waals surface area contributed by atoms with E-state index in [1.165, 1.54) is 0 Å². The second kappa shape index (κ2) is 12.9. The SMILES string of the molecule is CC(Oc1cc(-c2nn(C)c3c(-c4cnn(C5CCN(C)C(C)(C)C5)c4)cnc(N)c23)ccc1NS(=O)C(F)F)c1ccc(Cl)cc1. The molecule has 3 N–H and O–H groups in total. The van der Waals surface area contributed by atoms with Crippen molar-refractivity contribution in [3.63, 3.8) is 0 Å². The van der Waals surface area contributed by atoms with Gasteiger partial charge in [-0.05, 0) is 70.5 Å². The van der Waals surface area contributed by atoms with Crippen molar-refractivity contribution in [2.75, 3.05) is 24.0 Å². The first-order chi connectivity index (χ1) is 22.3. The quantitative estimate of drug-likeness (QED) is 0.169. The fraction of sp³-hybridized carbons (Fsp3) is 0.364. The molecule has 3 unspecified atom stereocenters. The number of ether oxygens (including phenoxy) is 1. The predicted molar refractivity (Wildman–Crippen MR) is 183 cm³/mol. The molecule has 4 heterocycles. The fourth-order valence-electron chi connectivity index (χ4n) is 6.13.